The second-order valence-corrected chi connectivity index (χ2v) is 3.69. The number of rotatable bonds is 1. The highest BCUT2D eigenvalue weighted by molar-refractivity contribution is 6.42. The van der Waals surface area contributed by atoms with Crippen LogP contribution >= 0.6 is 23.2 Å². The van der Waals surface area contributed by atoms with Gasteiger partial charge >= 0.3 is 0 Å². The van der Waals surface area contributed by atoms with Crippen molar-refractivity contribution < 1.29 is 0 Å². The van der Waals surface area contributed by atoms with Crippen molar-refractivity contribution in [2.24, 2.45) is 0 Å². The lowest BCUT2D eigenvalue weighted by atomic mass is 10.2. The molecule has 13 heavy (non-hydrogen) atoms. The summed E-state index contributed by atoms with van der Waals surface area (Å²) in [6, 6.07) is 5.15. The van der Waals surface area contributed by atoms with Crippen LogP contribution in [-0.2, 0) is 0 Å². The van der Waals surface area contributed by atoms with Gasteiger partial charge in [0, 0.05) is 19.7 Å². The maximum Gasteiger partial charge on any atom is 0.127 e. The molecule has 0 aliphatic carbocycles. The largest absolute Gasteiger partial charge is 0.363 e. The molecule has 0 aliphatic rings. The fourth-order valence-electron chi connectivity index (χ4n) is 0.902. The van der Waals surface area contributed by atoms with E-state index in [-0.39, 0.29) is 0 Å². The van der Waals surface area contributed by atoms with E-state index in [9.17, 15) is 0 Å². The van der Waals surface area contributed by atoms with E-state index in [4.69, 9.17) is 28.6 Å². The van der Waals surface area contributed by atoms with Crippen LogP contribution in [0.1, 0.15) is 5.56 Å². The van der Waals surface area contributed by atoms with Crippen molar-refractivity contribution in [3.63, 3.8) is 0 Å². The molecular weight excluding hydrogens is 207 g/mol. The Bertz CT molecular complexity index is 334. The average molecular weight is 217 g/mol. The molecule has 1 aromatic rings. The summed E-state index contributed by atoms with van der Waals surface area (Å²) in [5, 5.41) is 8.66. The van der Waals surface area contributed by atoms with Gasteiger partial charge in [-0.25, -0.2) is 0 Å². The molecule has 70 valence electrons. The molecule has 4 heteroatoms. The van der Waals surface area contributed by atoms with Crippen LogP contribution in [0.2, 0.25) is 10.0 Å². The summed E-state index contributed by atoms with van der Waals surface area (Å²) in [5.41, 5.74) is 0.763. The van der Waals surface area contributed by atoms with Crippen molar-refractivity contribution in [1.29, 1.82) is 5.41 Å². The standard InChI is InChI=1S/C9H10Cl2N2/c1-13(2)9(12)6-3-4-7(10)8(11)5-6/h3-5,12H,1-2H3. The highest BCUT2D eigenvalue weighted by atomic mass is 35.5. The van der Waals surface area contributed by atoms with E-state index in [1.807, 2.05) is 14.1 Å². The Morgan fingerprint density at radius 1 is 1.23 bits per heavy atom. The summed E-state index contributed by atoms with van der Waals surface area (Å²) in [6.07, 6.45) is 0. The molecule has 0 atom stereocenters. The summed E-state index contributed by atoms with van der Waals surface area (Å²) >= 11 is 11.6. The Morgan fingerprint density at radius 2 is 1.85 bits per heavy atom. The minimum absolute atomic E-state index is 0.415. The Labute approximate surface area is 87.6 Å². The van der Waals surface area contributed by atoms with Gasteiger partial charge in [-0.3, -0.25) is 5.41 Å². The zero-order chi connectivity index (χ0) is 10.0. The molecule has 0 saturated heterocycles. The van der Waals surface area contributed by atoms with Gasteiger partial charge in [0.2, 0.25) is 0 Å². The Kier molecular flexibility index (Phi) is 3.17. The molecule has 0 bridgehead atoms. The summed E-state index contributed by atoms with van der Waals surface area (Å²) < 4.78 is 0. The maximum atomic E-state index is 7.68. The maximum absolute atomic E-state index is 7.68. The fraction of sp³-hybridized carbons (Fsp3) is 0.222. The lowest BCUT2D eigenvalue weighted by Crippen LogP contribution is -2.21. The molecule has 0 unspecified atom stereocenters. The zero-order valence-electron chi connectivity index (χ0n) is 7.44. The number of nitrogens with one attached hydrogen (secondary N) is 1. The third-order valence-corrected chi connectivity index (χ3v) is 2.38. The predicted molar refractivity (Wildman–Crippen MR) is 57.0 cm³/mol. The molecule has 1 N–H and O–H groups in total. The molecule has 0 saturated carbocycles. The second kappa shape index (κ2) is 3.99. The number of hydrogen-bond donors (Lipinski definition) is 1. The molecule has 0 fully saturated rings. The first-order valence-corrected chi connectivity index (χ1v) is 4.49. The van der Waals surface area contributed by atoms with Crippen molar-refractivity contribution >= 4 is 29.0 Å². The predicted octanol–water partition coefficient (Wildman–Crippen LogP) is 2.88. The Hall–Kier alpha value is -0.730. The van der Waals surface area contributed by atoms with Crippen LogP contribution in [0.5, 0.6) is 0 Å². The summed E-state index contributed by atoms with van der Waals surface area (Å²) in [5.74, 6) is 0.415. The monoisotopic (exact) mass is 216 g/mol. The summed E-state index contributed by atoms with van der Waals surface area (Å²) in [4.78, 5) is 1.71. The van der Waals surface area contributed by atoms with Crippen LogP contribution in [0.25, 0.3) is 0 Å². The van der Waals surface area contributed by atoms with Crippen LogP contribution in [-0.4, -0.2) is 24.8 Å². The van der Waals surface area contributed by atoms with Gasteiger partial charge in [-0.05, 0) is 18.2 Å². The summed E-state index contributed by atoms with van der Waals surface area (Å²) in [6.45, 7) is 0. The first kappa shape index (κ1) is 10.4. The van der Waals surface area contributed by atoms with Crippen LogP contribution in [0, 0.1) is 5.41 Å². The SMILES string of the molecule is CN(C)C(=N)c1ccc(Cl)c(Cl)c1. The molecule has 0 radical (unpaired) electrons. The highest BCUT2D eigenvalue weighted by Gasteiger charge is 2.05. The smallest absolute Gasteiger partial charge is 0.127 e. The highest BCUT2D eigenvalue weighted by Crippen LogP contribution is 2.22. The topological polar surface area (TPSA) is 27.1 Å². The number of amidine groups is 1. The molecular formula is C9H10Cl2N2. The van der Waals surface area contributed by atoms with Crippen molar-refractivity contribution in [2.75, 3.05) is 14.1 Å². The zero-order valence-corrected chi connectivity index (χ0v) is 8.95. The van der Waals surface area contributed by atoms with Gasteiger partial charge in [-0.2, -0.15) is 0 Å². The first-order chi connectivity index (χ1) is 6.02. The van der Waals surface area contributed by atoms with Gasteiger partial charge in [-0.1, -0.05) is 23.2 Å². The normalized spacial score (nSPS) is 9.85. The molecule has 1 aromatic carbocycles. The lowest BCUT2D eigenvalue weighted by Gasteiger charge is -2.13. The van der Waals surface area contributed by atoms with E-state index in [0.717, 1.165) is 5.56 Å². The van der Waals surface area contributed by atoms with Crippen molar-refractivity contribution in [2.45, 2.75) is 0 Å². The quantitative estimate of drug-likeness (QED) is 0.568. The average Bonchev–Trinajstić information content (AvgIpc) is 2.08. The first-order valence-electron chi connectivity index (χ1n) is 3.73. The van der Waals surface area contributed by atoms with Crippen molar-refractivity contribution in [1.82, 2.24) is 4.90 Å². The minimum atomic E-state index is 0.415. The molecule has 1 rings (SSSR count). The molecule has 0 spiro atoms. The van der Waals surface area contributed by atoms with E-state index < -0.39 is 0 Å². The molecule has 2 nitrogen and oxygen atoms in total. The number of hydrogen-bond acceptors (Lipinski definition) is 1. The van der Waals surface area contributed by atoms with Crippen LogP contribution in [0.3, 0.4) is 0 Å². The third kappa shape index (κ3) is 2.36. The lowest BCUT2D eigenvalue weighted by molar-refractivity contribution is 0.619. The second-order valence-electron chi connectivity index (χ2n) is 2.87. The van der Waals surface area contributed by atoms with Gasteiger partial charge in [0.25, 0.3) is 0 Å². The van der Waals surface area contributed by atoms with Crippen LogP contribution < -0.4 is 0 Å². The van der Waals surface area contributed by atoms with E-state index in [0.29, 0.717) is 15.9 Å². The number of nitrogens with zero attached hydrogens (tertiary/aromatic N) is 1. The van der Waals surface area contributed by atoms with Crippen molar-refractivity contribution in [3.8, 4) is 0 Å². The van der Waals surface area contributed by atoms with Gasteiger partial charge < -0.3 is 4.90 Å². The Morgan fingerprint density at radius 3 is 2.31 bits per heavy atom. The minimum Gasteiger partial charge on any atom is -0.363 e. The number of halogens is 2. The molecule has 0 aromatic heterocycles. The van der Waals surface area contributed by atoms with Crippen LogP contribution in [0.15, 0.2) is 18.2 Å². The van der Waals surface area contributed by atoms with Gasteiger partial charge in [0.05, 0.1) is 10.0 Å². The van der Waals surface area contributed by atoms with Gasteiger partial charge in [0.1, 0.15) is 5.84 Å². The molecule has 0 amide bonds. The molecule has 0 heterocycles. The van der Waals surface area contributed by atoms with Crippen molar-refractivity contribution in [3.05, 3.63) is 33.8 Å². The van der Waals surface area contributed by atoms with E-state index in [1.165, 1.54) is 0 Å². The van der Waals surface area contributed by atoms with E-state index in [2.05, 4.69) is 0 Å². The summed E-state index contributed by atoms with van der Waals surface area (Å²) in [7, 11) is 3.62. The van der Waals surface area contributed by atoms with Crippen LogP contribution in [0.4, 0.5) is 0 Å². The van der Waals surface area contributed by atoms with Gasteiger partial charge in [0.15, 0.2) is 0 Å². The van der Waals surface area contributed by atoms with Gasteiger partial charge in [-0.15, -0.1) is 0 Å². The number of benzene rings is 1. The fourth-order valence-corrected chi connectivity index (χ4v) is 1.20. The van der Waals surface area contributed by atoms with E-state index >= 15 is 0 Å². The Balaban J connectivity index is 3.04. The molecule has 0 aliphatic heterocycles. The third-order valence-electron chi connectivity index (χ3n) is 1.64. The van der Waals surface area contributed by atoms with E-state index in [1.54, 1.807) is 23.1 Å².